The smallest absolute Gasteiger partial charge is 0.148 e. The molecule has 1 unspecified atom stereocenters. The molecule has 5 rings (SSSR count). The van der Waals surface area contributed by atoms with Crippen LogP contribution in [0.2, 0.25) is 0 Å². The Morgan fingerprint density at radius 3 is 2.30 bits per heavy atom. The predicted octanol–water partition coefficient (Wildman–Crippen LogP) is 3.06. The number of nitrogens with zero attached hydrogens (tertiary/aromatic N) is 3. The number of fused-ring (bicyclic) bond motifs is 1. The number of aliphatic hydroxyl groups excluding tert-OH is 1. The molecule has 3 aliphatic rings. The second kappa shape index (κ2) is 6.98. The van der Waals surface area contributed by atoms with Crippen LogP contribution in [0.3, 0.4) is 0 Å². The normalized spacial score (nSPS) is 27.2. The molecule has 3 aliphatic heterocycles. The zero-order valence-corrected chi connectivity index (χ0v) is 15.5. The summed E-state index contributed by atoms with van der Waals surface area (Å²) in [6.45, 7) is 3.45. The van der Waals surface area contributed by atoms with Crippen LogP contribution in [0.1, 0.15) is 19.3 Å². The Morgan fingerprint density at radius 1 is 0.889 bits per heavy atom. The van der Waals surface area contributed by atoms with Crippen molar-refractivity contribution in [2.75, 3.05) is 29.5 Å². The maximum Gasteiger partial charge on any atom is 0.148 e. The van der Waals surface area contributed by atoms with Gasteiger partial charge in [0.05, 0.1) is 5.69 Å². The molecule has 2 N–H and O–H groups in total. The summed E-state index contributed by atoms with van der Waals surface area (Å²) in [5.41, 5.74) is 4.66. The van der Waals surface area contributed by atoms with E-state index < -0.39 is 6.23 Å². The van der Waals surface area contributed by atoms with Crippen LogP contribution in [0.15, 0.2) is 53.6 Å². The molecule has 140 valence electrons. The molecule has 3 atom stereocenters. The maximum atomic E-state index is 10.1. The standard InChI is InChI=1S/C22H26N4O/c27-22-2-1-12-24-26(22)20-9-5-17(6-10-20)16-3-7-19(8-4-16)25-13-11-18-14-23-15-21(18)25/h3-10,12,18,21-23,27H,1-2,11,13-15H2/t18-,21+,22?/m1/s1. The summed E-state index contributed by atoms with van der Waals surface area (Å²) in [7, 11) is 0. The minimum Gasteiger partial charge on any atom is -0.372 e. The van der Waals surface area contributed by atoms with E-state index in [-0.39, 0.29) is 0 Å². The molecule has 0 saturated carbocycles. The van der Waals surface area contributed by atoms with Gasteiger partial charge >= 0.3 is 0 Å². The number of aliphatic hydroxyl groups is 1. The number of anilines is 2. The quantitative estimate of drug-likeness (QED) is 0.881. The number of hydrogen-bond donors (Lipinski definition) is 2. The van der Waals surface area contributed by atoms with Gasteiger partial charge in [-0.2, -0.15) is 5.10 Å². The Labute approximate surface area is 160 Å². The number of hydrazone groups is 1. The van der Waals surface area contributed by atoms with Gasteiger partial charge in [0.1, 0.15) is 6.23 Å². The van der Waals surface area contributed by atoms with Crippen LogP contribution in [0.4, 0.5) is 11.4 Å². The topological polar surface area (TPSA) is 51.1 Å². The monoisotopic (exact) mass is 362 g/mol. The summed E-state index contributed by atoms with van der Waals surface area (Å²) in [4.78, 5) is 2.56. The van der Waals surface area contributed by atoms with Gasteiger partial charge in [0.2, 0.25) is 0 Å². The third-order valence-electron chi connectivity index (χ3n) is 6.15. The molecular formula is C22H26N4O. The fourth-order valence-electron chi connectivity index (χ4n) is 4.63. The van der Waals surface area contributed by atoms with Crippen molar-refractivity contribution in [3.8, 4) is 11.1 Å². The first kappa shape index (κ1) is 16.8. The van der Waals surface area contributed by atoms with Gasteiger partial charge in [-0.25, -0.2) is 5.01 Å². The molecule has 0 aliphatic carbocycles. The molecular weight excluding hydrogens is 336 g/mol. The molecule has 2 saturated heterocycles. The van der Waals surface area contributed by atoms with E-state index in [1.807, 2.05) is 18.3 Å². The van der Waals surface area contributed by atoms with E-state index >= 15 is 0 Å². The average Bonchev–Trinajstić information content (AvgIpc) is 3.33. The Kier molecular flexibility index (Phi) is 4.34. The molecule has 2 aromatic carbocycles. The molecule has 0 radical (unpaired) electrons. The second-order valence-corrected chi connectivity index (χ2v) is 7.76. The van der Waals surface area contributed by atoms with Crippen molar-refractivity contribution in [3.05, 3.63) is 48.5 Å². The lowest BCUT2D eigenvalue weighted by Crippen LogP contribution is -2.33. The first-order valence-electron chi connectivity index (χ1n) is 9.97. The van der Waals surface area contributed by atoms with Crippen molar-refractivity contribution in [2.45, 2.75) is 31.5 Å². The summed E-state index contributed by atoms with van der Waals surface area (Å²) < 4.78 is 0. The summed E-state index contributed by atoms with van der Waals surface area (Å²) in [5.74, 6) is 0.810. The van der Waals surface area contributed by atoms with Crippen molar-refractivity contribution in [1.82, 2.24) is 5.32 Å². The SMILES string of the molecule is OC1CCC=NN1c1ccc(-c2ccc(N3CC[C@@H]4CNC[C@@H]43)cc2)cc1. The lowest BCUT2D eigenvalue weighted by Gasteiger charge is -2.27. The van der Waals surface area contributed by atoms with E-state index in [1.165, 1.54) is 36.3 Å². The van der Waals surface area contributed by atoms with Crippen molar-refractivity contribution in [1.29, 1.82) is 0 Å². The maximum absolute atomic E-state index is 10.1. The number of hydrogen-bond acceptors (Lipinski definition) is 5. The fourth-order valence-corrected chi connectivity index (χ4v) is 4.63. The summed E-state index contributed by atoms with van der Waals surface area (Å²) in [6, 6.07) is 17.9. The average molecular weight is 362 g/mol. The third kappa shape index (κ3) is 3.11. The van der Waals surface area contributed by atoms with Crippen LogP contribution < -0.4 is 15.2 Å². The zero-order chi connectivity index (χ0) is 18.2. The minimum atomic E-state index is -0.533. The predicted molar refractivity (Wildman–Crippen MR) is 110 cm³/mol. The van der Waals surface area contributed by atoms with E-state index in [0.29, 0.717) is 6.04 Å². The molecule has 0 spiro atoms. The fraction of sp³-hybridized carbons (Fsp3) is 0.409. The van der Waals surface area contributed by atoms with E-state index in [9.17, 15) is 5.11 Å². The number of rotatable bonds is 3. The van der Waals surface area contributed by atoms with Gasteiger partial charge in [0, 0.05) is 37.6 Å². The van der Waals surface area contributed by atoms with Gasteiger partial charge in [-0.15, -0.1) is 0 Å². The summed E-state index contributed by atoms with van der Waals surface area (Å²) in [5, 5.41) is 19.6. The highest BCUT2D eigenvalue weighted by Gasteiger charge is 2.37. The zero-order valence-electron chi connectivity index (χ0n) is 15.5. The lowest BCUT2D eigenvalue weighted by molar-refractivity contribution is 0.158. The van der Waals surface area contributed by atoms with E-state index in [1.54, 1.807) is 5.01 Å². The van der Waals surface area contributed by atoms with Gasteiger partial charge in [-0.1, -0.05) is 24.3 Å². The molecule has 2 fully saturated rings. The molecule has 0 amide bonds. The second-order valence-electron chi connectivity index (χ2n) is 7.76. The molecule has 27 heavy (non-hydrogen) atoms. The van der Waals surface area contributed by atoms with Gasteiger partial charge < -0.3 is 15.3 Å². The van der Waals surface area contributed by atoms with Crippen LogP contribution in [-0.4, -0.2) is 43.2 Å². The Morgan fingerprint density at radius 2 is 1.59 bits per heavy atom. The molecule has 5 heteroatoms. The van der Waals surface area contributed by atoms with Crippen LogP contribution in [0.5, 0.6) is 0 Å². The van der Waals surface area contributed by atoms with Crippen molar-refractivity contribution < 1.29 is 5.11 Å². The van der Waals surface area contributed by atoms with Crippen molar-refractivity contribution >= 4 is 17.6 Å². The Balaban J connectivity index is 1.33. The van der Waals surface area contributed by atoms with Crippen molar-refractivity contribution in [2.24, 2.45) is 11.0 Å². The first-order valence-corrected chi connectivity index (χ1v) is 9.97. The van der Waals surface area contributed by atoms with E-state index in [4.69, 9.17) is 0 Å². The molecule has 0 bridgehead atoms. The Bertz CT molecular complexity index is 817. The molecule has 5 nitrogen and oxygen atoms in total. The van der Waals surface area contributed by atoms with Gasteiger partial charge in [-0.05, 0) is 60.6 Å². The molecule has 0 aromatic heterocycles. The van der Waals surface area contributed by atoms with Crippen LogP contribution in [0, 0.1) is 5.92 Å². The largest absolute Gasteiger partial charge is 0.372 e. The van der Waals surface area contributed by atoms with Gasteiger partial charge in [0.15, 0.2) is 0 Å². The van der Waals surface area contributed by atoms with E-state index in [2.05, 4.69) is 51.7 Å². The molecule has 2 aromatic rings. The van der Waals surface area contributed by atoms with Crippen LogP contribution in [0.25, 0.3) is 11.1 Å². The van der Waals surface area contributed by atoms with Crippen LogP contribution in [-0.2, 0) is 0 Å². The summed E-state index contributed by atoms with van der Waals surface area (Å²) >= 11 is 0. The highest BCUT2D eigenvalue weighted by molar-refractivity contribution is 5.70. The van der Waals surface area contributed by atoms with Crippen molar-refractivity contribution in [3.63, 3.8) is 0 Å². The third-order valence-corrected chi connectivity index (χ3v) is 6.15. The summed E-state index contributed by atoms with van der Waals surface area (Å²) in [6.07, 6.45) is 4.18. The highest BCUT2D eigenvalue weighted by atomic mass is 16.3. The highest BCUT2D eigenvalue weighted by Crippen LogP contribution is 2.33. The minimum absolute atomic E-state index is 0.533. The van der Waals surface area contributed by atoms with Crippen LogP contribution >= 0.6 is 0 Å². The number of nitrogens with one attached hydrogen (secondary N) is 1. The Hall–Kier alpha value is -2.37. The number of benzene rings is 2. The molecule has 3 heterocycles. The first-order chi connectivity index (χ1) is 13.3. The van der Waals surface area contributed by atoms with Gasteiger partial charge in [-0.3, -0.25) is 0 Å². The lowest BCUT2D eigenvalue weighted by atomic mass is 10.0. The van der Waals surface area contributed by atoms with Gasteiger partial charge in [0.25, 0.3) is 0 Å². The van der Waals surface area contributed by atoms with E-state index in [0.717, 1.165) is 31.0 Å².